The van der Waals surface area contributed by atoms with Crippen molar-refractivity contribution >= 4 is 12.0 Å². The van der Waals surface area contributed by atoms with Gasteiger partial charge in [-0.3, -0.25) is 9.89 Å². The number of benzene rings is 1. The molecular weight excluding hydrogens is 346 g/mol. The van der Waals surface area contributed by atoms with Gasteiger partial charge < -0.3 is 15.1 Å². The highest BCUT2D eigenvalue weighted by Gasteiger charge is 2.20. The lowest BCUT2D eigenvalue weighted by Gasteiger charge is -2.36. The van der Waals surface area contributed by atoms with Crippen molar-refractivity contribution in [3.63, 3.8) is 0 Å². The van der Waals surface area contributed by atoms with Gasteiger partial charge in [-0.2, -0.15) is 0 Å². The van der Waals surface area contributed by atoms with Crippen molar-refractivity contribution in [2.24, 2.45) is 10.9 Å². The monoisotopic (exact) mass is 383 g/mol. The number of hydrogen-bond donors (Lipinski definition) is 1. The first kappa shape index (κ1) is 20.9. The highest BCUT2D eigenvalue weighted by atomic mass is 15.3. The van der Waals surface area contributed by atoms with Gasteiger partial charge in [-0.15, -0.1) is 0 Å². The van der Waals surface area contributed by atoms with E-state index < -0.39 is 0 Å². The molecule has 28 heavy (non-hydrogen) atoms. The van der Waals surface area contributed by atoms with Gasteiger partial charge in [0.25, 0.3) is 0 Å². The average molecular weight is 384 g/mol. The number of nitrogens with zero attached hydrogens (tertiary/aromatic N) is 4. The fourth-order valence-corrected chi connectivity index (χ4v) is 4.12. The van der Waals surface area contributed by atoms with Gasteiger partial charge in [0.15, 0.2) is 5.96 Å². The lowest BCUT2D eigenvalue weighted by atomic mass is 9.94. The molecule has 0 aliphatic carbocycles. The lowest BCUT2D eigenvalue weighted by molar-refractivity contribution is 0.193. The van der Waals surface area contributed by atoms with E-state index in [-0.39, 0.29) is 0 Å². The van der Waals surface area contributed by atoms with Gasteiger partial charge in [0, 0.05) is 46.3 Å². The van der Waals surface area contributed by atoms with Crippen LogP contribution in [0.5, 0.6) is 0 Å². The Labute approximate surface area is 171 Å². The second kappa shape index (κ2) is 11.2. The van der Waals surface area contributed by atoms with E-state index in [0.29, 0.717) is 0 Å². The fraction of sp³-hybridized carbons (Fsp3) is 0.609. The highest BCUT2D eigenvalue weighted by Crippen LogP contribution is 2.18. The molecule has 5 heteroatoms. The molecule has 0 atom stereocenters. The third-order valence-corrected chi connectivity index (χ3v) is 6.03. The first-order valence-corrected chi connectivity index (χ1v) is 10.8. The molecule has 154 valence electrons. The number of guanidine groups is 1. The predicted molar refractivity (Wildman–Crippen MR) is 120 cm³/mol. The van der Waals surface area contributed by atoms with Crippen molar-refractivity contribution in [2.45, 2.75) is 19.3 Å². The molecule has 0 amide bonds. The predicted octanol–water partition coefficient (Wildman–Crippen LogP) is 2.62. The maximum atomic E-state index is 4.52. The molecule has 2 fully saturated rings. The van der Waals surface area contributed by atoms with Gasteiger partial charge >= 0.3 is 0 Å². The summed E-state index contributed by atoms with van der Waals surface area (Å²) in [6.45, 7) is 8.84. The smallest absolute Gasteiger partial charge is 0.193 e. The maximum Gasteiger partial charge on any atom is 0.193 e. The molecule has 1 aromatic carbocycles. The second-order valence-corrected chi connectivity index (χ2v) is 8.11. The third kappa shape index (κ3) is 6.64. The zero-order chi connectivity index (χ0) is 19.6. The zero-order valence-electron chi connectivity index (χ0n) is 17.7. The van der Waals surface area contributed by atoms with Crippen LogP contribution in [0.1, 0.15) is 24.8 Å². The van der Waals surface area contributed by atoms with Gasteiger partial charge in [-0.05, 0) is 50.9 Å². The first-order chi connectivity index (χ1) is 13.7. The van der Waals surface area contributed by atoms with Gasteiger partial charge in [0.1, 0.15) is 0 Å². The van der Waals surface area contributed by atoms with Crippen LogP contribution in [-0.4, -0.2) is 87.1 Å². The van der Waals surface area contributed by atoms with Crippen LogP contribution in [0.4, 0.5) is 0 Å². The molecule has 2 saturated heterocycles. The van der Waals surface area contributed by atoms with E-state index >= 15 is 0 Å². The van der Waals surface area contributed by atoms with Gasteiger partial charge in [-0.1, -0.05) is 42.5 Å². The lowest BCUT2D eigenvalue weighted by Crippen LogP contribution is -2.52. The Balaban J connectivity index is 1.34. The Bertz CT molecular complexity index is 611. The number of aliphatic imine (C=N–C) groups is 1. The van der Waals surface area contributed by atoms with E-state index in [1.807, 2.05) is 7.05 Å². The number of likely N-dealkylation sites (tertiary alicyclic amines) is 1. The molecule has 3 rings (SSSR count). The summed E-state index contributed by atoms with van der Waals surface area (Å²) in [5, 5.41) is 3.61. The topological polar surface area (TPSA) is 34.1 Å². The van der Waals surface area contributed by atoms with E-state index in [1.54, 1.807) is 0 Å². The van der Waals surface area contributed by atoms with E-state index in [9.17, 15) is 0 Å². The summed E-state index contributed by atoms with van der Waals surface area (Å²) in [5.41, 5.74) is 1.27. The minimum Gasteiger partial charge on any atom is -0.356 e. The molecule has 0 saturated carbocycles. The highest BCUT2D eigenvalue weighted by molar-refractivity contribution is 5.79. The standard InChI is InChI=1S/C23H37N5/c1-24-23(25-13-10-22-11-15-26(2)16-12-22)28-19-17-27(18-20-28)14-6-9-21-7-4-3-5-8-21/h3-9,22H,10-20H2,1-2H3,(H,24,25). The average Bonchev–Trinajstić information content (AvgIpc) is 2.74. The molecule has 2 heterocycles. The van der Waals surface area contributed by atoms with Crippen LogP contribution < -0.4 is 5.32 Å². The molecule has 0 unspecified atom stereocenters. The van der Waals surface area contributed by atoms with Crippen molar-refractivity contribution in [1.82, 2.24) is 20.0 Å². The fourth-order valence-electron chi connectivity index (χ4n) is 4.12. The number of rotatable bonds is 6. The molecule has 0 radical (unpaired) electrons. The van der Waals surface area contributed by atoms with E-state index in [4.69, 9.17) is 0 Å². The van der Waals surface area contributed by atoms with Crippen LogP contribution in [0.25, 0.3) is 6.08 Å². The summed E-state index contributed by atoms with van der Waals surface area (Å²) in [4.78, 5) is 11.9. The normalized spacial score (nSPS) is 20.8. The molecule has 1 aromatic rings. The molecule has 5 nitrogen and oxygen atoms in total. The molecule has 2 aliphatic heterocycles. The van der Waals surface area contributed by atoms with Crippen LogP contribution in [0, 0.1) is 5.92 Å². The Morgan fingerprint density at radius 2 is 1.79 bits per heavy atom. The number of piperazine rings is 1. The van der Waals surface area contributed by atoms with Crippen LogP contribution in [0.3, 0.4) is 0 Å². The molecular formula is C23H37N5. The number of hydrogen-bond acceptors (Lipinski definition) is 3. The summed E-state index contributed by atoms with van der Waals surface area (Å²) in [5.74, 6) is 1.95. The number of nitrogens with one attached hydrogen (secondary N) is 1. The molecule has 0 bridgehead atoms. The third-order valence-electron chi connectivity index (χ3n) is 6.03. The van der Waals surface area contributed by atoms with Gasteiger partial charge in [0.2, 0.25) is 0 Å². The summed E-state index contributed by atoms with van der Waals surface area (Å²) in [6.07, 6.45) is 8.44. The summed E-state index contributed by atoms with van der Waals surface area (Å²) < 4.78 is 0. The molecule has 1 N–H and O–H groups in total. The Hall–Kier alpha value is -1.85. The van der Waals surface area contributed by atoms with E-state index in [2.05, 4.69) is 74.5 Å². The zero-order valence-corrected chi connectivity index (χ0v) is 17.7. The van der Waals surface area contributed by atoms with Gasteiger partial charge in [-0.25, -0.2) is 0 Å². The van der Waals surface area contributed by atoms with Crippen molar-refractivity contribution in [3.8, 4) is 0 Å². The summed E-state index contributed by atoms with van der Waals surface area (Å²) >= 11 is 0. The second-order valence-electron chi connectivity index (χ2n) is 8.11. The van der Waals surface area contributed by atoms with Crippen molar-refractivity contribution in [3.05, 3.63) is 42.0 Å². The molecule has 2 aliphatic rings. The van der Waals surface area contributed by atoms with Crippen molar-refractivity contribution in [2.75, 3.05) is 66.5 Å². The van der Waals surface area contributed by atoms with Crippen LogP contribution in [0.15, 0.2) is 41.4 Å². The van der Waals surface area contributed by atoms with Gasteiger partial charge in [0.05, 0.1) is 0 Å². The Morgan fingerprint density at radius 1 is 1.07 bits per heavy atom. The molecule has 0 aromatic heterocycles. The summed E-state index contributed by atoms with van der Waals surface area (Å²) in [7, 11) is 4.14. The SMILES string of the molecule is CN=C(NCCC1CCN(C)CC1)N1CCN(CC=Cc2ccccc2)CC1. The van der Waals surface area contributed by atoms with Crippen LogP contribution in [0.2, 0.25) is 0 Å². The Kier molecular flexibility index (Phi) is 8.37. The van der Waals surface area contributed by atoms with Crippen LogP contribution >= 0.6 is 0 Å². The first-order valence-electron chi connectivity index (χ1n) is 10.8. The number of piperidine rings is 1. The molecule has 0 spiro atoms. The minimum absolute atomic E-state index is 0.870. The van der Waals surface area contributed by atoms with Crippen molar-refractivity contribution < 1.29 is 0 Å². The quantitative estimate of drug-likeness (QED) is 0.605. The maximum absolute atomic E-state index is 4.52. The summed E-state index contributed by atoms with van der Waals surface area (Å²) in [6, 6.07) is 10.5. The van der Waals surface area contributed by atoms with Crippen LogP contribution in [-0.2, 0) is 0 Å². The minimum atomic E-state index is 0.870. The van der Waals surface area contributed by atoms with E-state index in [1.165, 1.54) is 37.9 Å². The van der Waals surface area contributed by atoms with E-state index in [0.717, 1.165) is 51.1 Å². The van der Waals surface area contributed by atoms with Crippen molar-refractivity contribution in [1.29, 1.82) is 0 Å². The Morgan fingerprint density at radius 3 is 2.46 bits per heavy atom. The largest absolute Gasteiger partial charge is 0.356 e.